The van der Waals surface area contributed by atoms with Crippen LogP contribution in [0.4, 0.5) is 0 Å². The molecule has 9 aromatic carbocycles. The van der Waals surface area contributed by atoms with Crippen LogP contribution >= 0.6 is 11.3 Å². The second-order valence-corrected chi connectivity index (χ2v) is 14.8. The second kappa shape index (κ2) is 11.8. The first-order valence-electron chi connectivity index (χ1n) is 18.2. The summed E-state index contributed by atoms with van der Waals surface area (Å²) in [5.74, 6) is 0. The predicted molar refractivity (Wildman–Crippen MR) is 228 cm³/mol. The number of furan rings is 1. The lowest BCUT2D eigenvalue weighted by atomic mass is 9.85. The molecule has 2 heteroatoms. The Bertz CT molecular complexity index is 3120. The number of hydrogen-bond acceptors (Lipinski definition) is 2. The maximum atomic E-state index is 6.90. The fourth-order valence-corrected chi connectivity index (χ4v) is 9.67. The minimum Gasteiger partial charge on any atom is -0.455 e. The van der Waals surface area contributed by atoms with E-state index >= 15 is 0 Å². The molecule has 0 saturated heterocycles. The quantitative estimate of drug-likeness (QED) is 0.167. The Balaban J connectivity index is 1.18. The Kier molecular flexibility index (Phi) is 6.71. The van der Waals surface area contributed by atoms with Crippen LogP contribution in [0.1, 0.15) is 5.56 Å². The SMILES string of the molecule is Cc1cscc1-c1c2ccccc2c(-c2cccc3c2oc2ccc(-c4c5ccccc5c(-c5ccccc5)c5ccccc45)cc23)c2ccccc12. The summed E-state index contributed by atoms with van der Waals surface area (Å²) < 4.78 is 6.90. The zero-order chi connectivity index (χ0) is 35.0. The average Bonchev–Trinajstić information content (AvgIpc) is 3.82. The van der Waals surface area contributed by atoms with Crippen molar-refractivity contribution in [3.05, 3.63) is 180 Å². The van der Waals surface area contributed by atoms with Crippen LogP contribution in [0.2, 0.25) is 0 Å². The summed E-state index contributed by atoms with van der Waals surface area (Å²) in [6.45, 7) is 2.22. The largest absolute Gasteiger partial charge is 0.455 e. The average molecular weight is 693 g/mol. The van der Waals surface area contributed by atoms with Gasteiger partial charge in [0.2, 0.25) is 0 Å². The smallest absolute Gasteiger partial charge is 0.143 e. The number of benzene rings is 9. The molecule has 1 nitrogen and oxygen atoms in total. The van der Waals surface area contributed by atoms with Gasteiger partial charge in [0.15, 0.2) is 0 Å². The monoisotopic (exact) mass is 692 g/mol. The van der Waals surface area contributed by atoms with Crippen molar-refractivity contribution in [3.8, 4) is 44.5 Å². The van der Waals surface area contributed by atoms with Gasteiger partial charge in [-0.05, 0) is 112 Å². The molecule has 248 valence electrons. The molecule has 0 aliphatic rings. The fraction of sp³-hybridized carbons (Fsp3) is 0.0196. The summed E-state index contributed by atoms with van der Waals surface area (Å²) in [7, 11) is 0. The summed E-state index contributed by atoms with van der Waals surface area (Å²) in [6, 6.07) is 59.7. The van der Waals surface area contributed by atoms with Crippen molar-refractivity contribution in [2.75, 3.05) is 0 Å². The van der Waals surface area contributed by atoms with Gasteiger partial charge in [-0.2, -0.15) is 11.3 Å². The van der Waals surface area contributed by atoms with Gasteiger partial charge in [0.05, 0.1) is 0 Å². The Morgan fingerprint density at radius 3 is 1.36 bits per heavy atom. The normalized spacial score (nSPS) is 11.9. The van der Waals surface area contributed by atoms with Gasteiger partial charge in [-0.1, -0.05) is 152 Å². The van der Waals surface area contributed by atoms with Crippen LogP contribution in [0.5, 0.6) is 0 Å². The molecule has 0 radical (unpaired) electrons. The van der Waals surface area contributed by atoms with Crippen molar-refractivity contribution < 1.29 is 4.42 Å². The van der Waals surface area contributed by atoms with E-state index in [4.69, 9.17) is 4.42 Å². The van der Waals surface area contributed by atoms with Crippen LogP contribution in [0, 0.1) is 6.92 Å². The van der Waals surface area contributed by atoms with E-state index in [-0.39, 0.29) is 0 Å². The minimum atomic E-state index is 0.893. The lowest BCUT2D eigenvalue weighted by molar-refractivity contribution is 0.670. The van der Waals surface area contributed by atoms with Crippen molar-refractivity contribution >= 4 is 76.4 Å². The first-order valence-corrected chi connectivity index (χ1v) is 19.1. The Labute approximate surface area is 311 Å². The number of para-hydroxylation sites is 1. The van der Waals surface area contributed by atoms with Gasteiger partial charge < -0.3 is 4.42 Å². The van der Waals surface area contributed by atoms with Crippen LogP contribution in [0.3, 0.4) is 0 Å². The standard InChI is InChI=1S/C51H32OS/c1-31-29-53-30-45(31)50-40-22-11-9-20-38(40)49(39-21-10-12-23-41(39)50)43-25-13-24-42-44-28-33(26-27-46(44)52-51(42)43)48-36-18-7-5-16-34(36)47(32-14-3-2-4-15-32)35-17-6-8-19-37(35)48/h2-30H,1H3. The molecule has 0 spiro atoms. The number of aryl methyl sites for hydroxylation is 1. The second-order valence-electron chi connectivity index (χ2n) is 14.0. The molecular weight excluding hydrogens is 661 g/mol. The highest BCUT2D eigenvalue weighted by atomic mass is 32.1. The molecule has 0 fully saturated rings. The van der Waals surface area contributed by atoms with Gasteiger partial charge in [-0.25, -0.2) is 0 Å². The third kappa shape index (κ3) is 4.49. The molecule has 0 bridgehead atoms. The molecule has 11 rings (SSSR count). The van der Waals surface area contributed by atoms with Crippen molar-refractivity contribution in [1.29, 1.82) is 0 Å². The molecule has 0 aliphatic heterocycles. The van der Waals surface area contributed by atoms with E-state index in [1.54, 1.807) is 11.3 Å². The topological polar surface area (TPSA) is 13.1 Å². The van der Waals surface area contributed by atoms with Crippen molar-refractivity contribution in [1.82, 2.24) is 0 Å². The Morgan fingerprint density at radius 2 is 0.830 bits per heavy atom. The van der Waals surface area contributed by atoms with Crippen LogP contribution in [0.15, 0.2) is 179 Å². The molecule has 11 aromatic rings. The van der Waals surface area contributed by atoms with Gasteiger partial charge in [0, 0.05) is 21.9 Å². The molecule has 0 unspecified atom stereocenters. The van der Waals surface area contributed by atoms with Gasteiger partial charge in [-0.3, -0.25) is 0 Å². The third-order valence-electron chi connectivity index (χ3n) is 11.1. The van der Waals surface area contributed by atoms with Crippen molar-refractivity contribution in [2.45, 2.75) is 6.92 Å². The van der Waals surface area contributed by atoms with E-state index in [1.165, 1.54) is 87.6 Å². The van der Waals surface area contributed by atoms with E-state index in [9.17, 15) is 0 Å². The van der Waals surface area contributed by atoms with E-state index in [2.05, 4.69) is 181 Å². The van der Waals surface area contributed by atoms with E-state index in [0.717, 1.165) is 27.5 Å². The van der Waals surface area contributed by atoms with Gasteiger partial charge in [0.25, 0.3) is 0 Å². The minimum absolute atomic E-state index is 0.893. The third-order valence-corrected chi connectivity index (χ3v) is 12.0. The summed E-state index contributed by atoms with van der Waals surface area (Å²) in [6.07, 6.45) is 0. The van der Waals surface area contributed by atoms with Crippen LogP contribution < -0.4 is 0 Å². The molecule has 0 aliphatic carbocycles. The summed E-state index contributed by atoms with van der Waals surface area (Å²) in [4.78, 5) is 0. The highest BCUT2D eigenvalue weighted by molar-refractivity contribution is 7.08. The van der Waals surface area contributed by atoms with Crippen molar-refractivity contribution in [3.63, 3.8) is 0 Å². The fourth-order valence-electron chi connectivity index (χ4n) is 8.83. The molecule has 2 aromatic heterocycles. The molecule has 0 atom stereocenters. The Hall–Kier alpha value is -6.48. The number of thiophene rings is 1. The number of hydrogen-bond donors (Lipinski definition) is 0. The lowest BCUT2D eigenvalue weighted by Crippen LogP contribution is -1.91. The zero-order valence-electron chi connectivity index (χ0n) is 29.1. The first kappa shape index (κ1) is 30.2. The van der Waals surface area contributed by atoms with Gasteiger partial charge in [0.1, 0.15) is 11.2 Å². The Morgan fingerprint density at radius 1 is 0.358 bits per heavy atom. The molecule has 0 amide bonds. The van der Waals surface area contributed by atoms with Crippen molar-refractivity contribution in [2.24, 2.45) is 0 Å². The molecule has 53 heavy (non-hydrogen) atoms. The lowest BCUT2D eigenvalue weighted by Gasteiger charge is -2.17. The molecule has 0 N–H and O–H groups in total. The van der Waals surface area contributed by atoms with E-state index < -0.39 is 0 Å². The number of fused-ring (bicyclic) bond motifs is 7. The highest BCUT2D eigenvalue weighted by Gasteiger charge is 2.22. The molecular formula is C51H32OS. The zero-order valence-corrected chi connectivity index (χ0v) is 29.9. The highest BCUT2D eigenvalue weighted by Crippen LogP contribution is 2.49. The van der Waals surface area contributed by atoms with Crippen LogP contribution in [-0.4, -0.2) is 0 Å². The summed E-state index contributed by atoms with van der Waals surface area (Å²) in [5, 5.41) is 16.8. The van der Waals surface area contributed by atoms with Gasteiger partial charge >= 0.3 is 0 Å². The van der Waals surface area contributed by atoms with Crippen LogP contribution in [0.25, 0.3) is 110 Å². The summed E-state index contributed by atoms with van der Waals surface area (Å²) >= 11 is 1.77. The maximum absolute atomic E-state index is 6.90. The predicted octanol–water partition coefficient (Wildman–Crippen LogP) is 15.2. The molecule has 0 saturated carbocycles. The first-order chi connectivity index (χ1) is 26.2. The summed E-state index contributed by atoms with van der Waals surface area (Å²) in [5.41, 5.74) is 13.0. The maximum Gasteiger partial charge on any atom is 0.143 e. The molecule has 2 heterocycles. The van der Waals surface area contributed by atoms with Gasteiger partial charge in [-0.15, -0.1) is 0 Å². The van der Waals surface area contributed by atoms with Crippen LogP contribution in [-0.2, 0) is 0 Å². The van der Waals surface area contributed by atoms with E-state index in [1.807, 2.05) is 0 Å². The number of rotatable bonds is 4. The van der Waals surface area contributed by atoms with E-state index in [0.29, 0.717) is 0 Å².